The molecule has 7 heteroatoms. The zero-order chi connectivity index (χ0) is 12.0. The molecule has 0 fully saturated rings. The molecule has 92 valence electrons. The van der Waals surface area contributed by atoms with E-state index in [9.17, 15) is 15.3 Å². The maximum Gasteiger partial charge on any atom is 0.131 e. The number of methoxy groups -OCH3 is 1. The van der Waals surface area contributed by atoms with Crippen molar-refractivity contribution >= 4 is 11.8 Å². The molecule has 5 N–H and O–H groups in total. The van der Waals surface area contributed by atoms with Crippen molar-refractivity contribution in [1.29, 1.82) is 0 Å². The zero-order valence-electron chi connectivity index (χ0n) is 8.65. The average Bonchev–Trinajstić information content (AvgIpc) is 2.27. The van der Waals surface area contributed by atoms with Gasteiger partial charge in [0.25, 0.3) is 0 Å². The topological polar surface area (TPSA) is 110 Å². The van der Waals surface area contributed by atoms with E-state index in [0.717, 1.165) is 11.8 Å². The fourth-order valence-corrected chi connectivity index (χ4v) is 1.71. The van der Waals surface area contributed by atoms with Gasteiger partial charge in [0.15, 0.2) is 0 Å². The maximum atomic E-state index is 9.54. The van der Waals surface area contributed by atoms with Gasteiger partial charge in [0.05, 0.1) is 6.61 Å². The van der Waals surface area contributed by atoms with Gasteiger partial charge in [-0.2, -0.15) is 0 Å². The summed E-state index contributed by atoms with van der Waals surface area (Å²) in [5, 5.41) is 45.9. The third-order valence-electron chi connectivity index (χ3n) is 2.02. The Bertz CT molecular complexity index is 165. The normalized spacial score (nSPS) is 21.8. The second kappa shape index (κ2) is 7.39. The molecule has 0 aromatic carbocycles. The largest absolute Gasteiger partial charge is 0.394 e. The lowest BCUT2D eigenvalue weighted by Crippen LogP contribution is -2.49. The highest BCUT2D eigenvalue weighted by Gasteiger charge is 2.34. The van der Waals surface area contributed by atoms with Crippen LogP contribution in [0.1, 0.15) is 0 Å². The highest BCUT2D eigenvalue weighted by molar-refractivity contribution is 7.99. The van der Waals surface area contributed by atoms with Crippen LogP contribution in [0.4, 0.5) is 0 Å². The number of rotatable bonds is 7. The molecule has 0 spiro atoms. The highest BCUT2D eigenvalue weighted by Crippen LogP contribution is 2.17. The number of aliphatic hydroxyl groups is 5. The third-order valence-corrected chi connectivity index (χ3v) is 2.96. The smallest absolute Gasteiger partial charge is 0.131 e. The van der Waals surface area contributed by atoms with Crippen molar-refractivity contribution in [2.75, 3.05) is 20.0 Å². The molecule has 0 bridgehead atoms. The minimum atomic E-state index is -1.62. The summed E-state index contributed by atoms with van der Waals surface area (Å²) < 4.78 is 4.84. The Morgan fingerprint density at radius 2 is 1.60 bits per heavy atom. The Hall–Kier alpha value is 0.110. The van der Waals surface area contributed by atoms with Crippen LogP contribution >= 0.6 is 11.8 Å². The number of aliphatic hydroxyl groups excluding tert-OH is 5. The summed E-state index contributed by atoms with van der Waals surface area (Å²) in [5.41, 5.74) is -0.708. The van der Waals surface area contributed by atoms with Gasteiger partial charge >= 0.3 is 0 Å². The van der Waals surface area contributed by atoms with Crippen molar-refractivity contribution in [1.82, 2.24) is 0 Å². The van der Waals surface area contributed by atoms with Gasteiger partial charge in [-0.3, -0.25) is 0 Å². The van der Waals surface area contributed by atoms with Gasteiger partial charge in [-0.15, -0.1) is 11.8 Å². The Morgan fingerprint density at radius 3 is 1.93 bits per heavy atom. The van der Waals surface area contributed by atoms with Gasteiger partial charge in [-0.05, 0) is 6.26 Å². The molecule has 0 aliphatic heterocycles. The van der Waals surface area contributed by atoms with Crippen LogP contribution in [0.15, 0.2) is 0 Å². The average molecular weight is 242 g/mol. The molecule has 0 amide bonds. The second-order valence-electron chi connectivity index (χ2n) is 3.06. The number of ether oxygens (including phenoxy) is 1. The summed E-state index contributed by atoms with van der Waals surface area (Å²) in [4.78, 5) is 0. The maximum absolute atomic E-state index is 9.54. The quantitative estimate of drug-likeness (QED) is 0.321. The minimum Gasteiger partial charge on any atom is -0.394 e. The van der Waals surface area contributed by atoms with Crippen LogP contribution in [-0.2, 0) is 4.74 Å². The van der Waals surface area contributed by atoms with Crippen molar-refractivity contribution < 1.29 is 30.3 Å². The first-order valence-electron chi connectivity index (χ1n) is 4.38. The van der Waals surface area contributed by atoms with Crippen molar-refractivity contribution in [3.63, 3.8) is 0 Å². The number of hydrogen-bond acceptors (Lipinski definition) is 7. The summed E-state index contributed by atoms with van der Waals surface area (Å²) in [6, 6.07) is 0. The molecule has 0 aliphatic rings. The zero-order valence-corrected chi connectivity index (χ0v) is 9.46. The molecule has 0 saturated carbocycles. The number of hydrogen-bond donors (Lipinski definition) is 5. The van der Waals surface area contributed by atoms with E-state index in [1.54, 1.807) is 6.26 Å². The summed E-state index contributed by atoms with van der Waals surface area (Å²) >= 11 is 1.16. The molecule has 0 aromatic rings. The monoisotopic (exact) mass is 242 g/mol. The van der Waals surface area contributed by atoms with Crippen molar-refractivity contribution in [2.45, 2.75) is 29.9 Å². The molecular formula is C8H18O6S. The van der Waals surface area contributed by atoms with E-state index in [0.29, 0.717) is 0 Å². The van der Waals surface area contributed by atoms with Crippen LogP contribution in [0.3, 0.4) is 0 Å². The number of thioether (sulfide) groups is 1. The molecule has 15 heavy (non-hydrogen) atoms. The molecule has 0 radical (unpaired) electrons. The predicted molar refractivity (Wildman–Crippen MR) is 55.4 cm³/mol. The van der Waals surface area contributed by atoms with Gasteiger partial charge in [-0.1, -0.05) is 0 Å². The molecule has 0 aliphatic carbocycles. The van der Waals surface area contributed by atoms with Crippen molar-refractivity contribution in [3.05, 3.63) is 0 Å². The lowest BCUT2D eigenvalue weighted by atomic mass is 10.0. The third kappa shape index (κ3) is 4.23. The molecule has 0 saturated heterocycles. The molecular weight excluding hydrogens is 224 g/mol. The highest BCUT2D eigenvalue weighted by atomic mass is 32.2. The summed E-state index contributed by atoms with van der Waals surface area (Å²) in [6.45, 7) is -0.693. The lowest BCUT2D eigenvalue weighted by Gasteiger charge is -2.29. The van der Waals surface area contributed by atoms with E-state index >= 15 is 0 Å². The first-order valence-corrected chi connectivity index (χ1v) is 5.67. The molecule has 6 nitrogen and oxygen atoms in total. The van der Waals surface area contributed by atoms with Crippen LogP contribution < -0.4 is 0 Å². The van der Waals surface area contributed by atoms with Gasteiger partial charge < -0.3 is 30.3 Å². The van der Waals surface area contributed by atoms with Crippen molar-refractivity contribution in [3.8, 4) is 0 Å². The van der Waals surface area contributed by atoms with E-state index in [-0.39, 0.29) is 0 Å². The van der Waals surface area contributed by atoms with Crippen LogP contribution in [0.25, 0.3) is 0 Å². The van der Waals surface area contributed by atoms with E-state index in [2.05, 4.69) is 0 Å². The fourth-order valence-electron chi connectivity index (χ4n) is 1.07. The SMILES string of the molecule is COC(SC)[C@H](O)[C@@H](O)[C@@H](O)[C@H](O)CO. The first-order chi connectivity index (χ1) is 6.99. The van der Waals surface area contributed by atoms with Crippen molar-refractivity contribution in [2.24, 2.45) is 0 Å². The second-order valence-corrected chi connectivity index (χ2v) is 4.00. The van der Waals surface area contributed by atoms with Crippen LogP contribution in [-0.4, -0.2) is 75.4 Å². The minimum absolute atomic E-state index is 0.693. The molecule has 0 heterocycles. The molecule has 1 unspecified atom stereocenters. The van der Waals surface area contributed by atoms with Crippen LogP contribution in [0.2, 0.25) is 0 Å². The Balaban J connectivity index is 4.34. The van der Waals surface area contributed by atoms with E-state index in [1.807, 2.05) is 0 Å². The molecule has 0 rings (SSSR count). The standard InChI is InChI=1S/C8H18O6S/c1-14-8(15-2)7(13)6(12)5(11)4(10)3-9/h4-13H,3H2,1-2H3/t4-,5+,6+,7-,8?/m1/s1. The molecule has 5 atom stereocenters. The van der Waals surface area contributed by atoms with Gasteiger partial charge in [0.1, 0.15) is 29.9 Å². The summed E-state index contributed by atoms with van der Waals surface area (Å²) in [7, 11) is 1.35. The Morgan fingerprint density at radius 1 is 1.07 bits per heavy atom. The summed E-state index contributed by atoms with van der Waals surface area (Å²) in [5.74, 6) is 0. The van der Waals surface area contributed by atoms with E-state index in [4.69, 9.17) is 14.9 Å². The van der Waals surface area contributed by atoms with E-state index in [1.165, 1.54) is 7.11 Å². The van der Waals surface area contributed by atoms with Gasteiger partial charge in [0.2, 0.25) is 0 Å². The molecule has 0 aromatic heterocycles. The first kappa shape index (κ1) is 15.1. The lowest BCUT2D eigenvalue weighted by molar-refractivity contribution is -0.131. The Kier molecular flexibility index (Phi) is 7.45. The van der Waals surface area contributed by atoms with Crippen LogP contribution in [0.5, 0.6) is 0 Å². The fraction of sp³-hybridized carbons (Fsp3) is 1.00. The Labute approximate surface area is 92.5 Å². The van der Waals surface area contributed by atoms with Gasteiger partial charge in [-0.25, -0.2) is 0 Å². The van der Waals surface area contributed by atoms with E-state index < -0.39 is 36.5 Å². The van der Waals surface area contributed by atoms with Crippen LogP contribution in [0, 0.1) is 0 Å². The van der Waals surface area contributed by atoms with Gasteiger partial charge in [0, 0.05) is 7.11 Å². The predicted octanol–water partition coefficient (Wildman–Crippen LogP) is -2.24. The summed E-state index contributed by atoms with van der Waals surface area (Å²) in [6.07, 6.45) is -4.37.